The molecule has 2 N–H and O–H groups in total. The smallest absolute Gasteiger partial charge is 0.407 e. The van der Waals surface area contributed by atoms with E-state index in [9.17, 15) is 4.79 Å². The number of hydrogen-bond donors (Lipinski definition) is 2. The van der Waals surface area contributed by atoms with Crippen molar-refractivity contribution in [2.75, 3.05) is 6.54 Å². The van der Waals surface area contributed by atoms with Gasteiger partial charge in [0.15, 0.2) is 0 Å². The van der Waals surface area contributed by atoms with E-state index in [-0.39, 0.29) is 0 Å². The van der Waals surface area contributed by atoms with Gasteiger partial charge in [0.25, 0.3) is 0 Å². The van der Waals surface area contributed by atoms with Gasteiger partial charge in [-0.15, -0.1) is 0 Å². The van der Waals surface area contributed by atoms with Crippen LogP contribution in [0.4, 0.5) is 4.79 Å². The van der Waals surface area contributed by atoms with Gasteiger partial charge in [-0.2, -0.15) is 0 Å². The number of ether oxygens (including phenoxy) is 1. The highest BCUT2D eigenvalue weighted by Crippen LogP contribution is 2.07. The minimum Gasteiger partial charge on any atom is -0.444 e. The zero-order valence-corrected chi connectivity index (χ0v) is 12.1. The Bertz CT molecular complexity index is 452. The first-order valence-electron chi connectivity index (χ1n) is 6.50. The third-order valence-electron chi connectivity index (χ3n) is 2.37. The summed E-state index contributed by atoms with van der Waals surface area (Å²) in [4.78, 5) is 15.4. The van der Waals surface area contributed by atoms with Crippen molar-refractivity contribution in [1.29, 1.82) is 0 Å². The molecule has 1 amide bonds. The first-order valence-corrected chi connectivity index (χ1v) is 6.50. The first-order chi connectivity index (χ1) is 9.42. The van der Waals surface area contributed by atoms with Crippen LogP contribution >= 0.6 is 0 Å². The van der Waals surface area contributed by atoms with Crippen molar-refractivity contribution in [2.45, 2.75) is 39.2 Å². The Morgan fingerprint density at radius 2 is 2.25 bits per heavy atom. The molecule has 0 unspecified atom stereocenters. The molecule has 6 heteroatoms. The Morgan fingerprint density at radius 3 is 2.80 bits per heavy atom. The molecular weight excluding hydrogens is 258 g/mol. The Kier molecular flexibility index (Phi) is 5.96. The average Bonchev–Trinajstić information content (AvgIpc) is 2.38. The molecule has 0 saturated heterocycles. The lowest BCUT2D eigenvalue weighted by Gasteiger charge is -2.19. The number of aromatic nitrogens is 1. The molecule has 20 heavy (non-hydrogen) atoms. The highest BCUT2D eigenvalue weighted by molar-refractivity contribution is 5.99. The fourth-order valence-electron chi connectivity index (χ4n) is 1.55. The third kappa shape index (κ3) is 6.17. The number of nitrogens with one attached hydrogen (secondary N) is 1. The molecule has 1 aromatic rings. The molecule has 1 rings (SSSR count). The SMILES string of the molecule is CC(C)(C)OC(=O)NCCC/C(=N/O)c1cccnc1. The van der Waals surface area contributed by atoms with Crippen molar-refractivity contribution in [3.63, 3.8) is 0 Å². The van der Waals surface area contributed by atoms with Crippen molar-refractivity contribution in [1.82, 2.24) is 10.3 Å². The second-order valence-corrected chi connectivity index (χ2v) is 5.32. The van der Waals surface area contributed by atoms with Gasteiger partial charge in [-0.3, -0.25) is 4.98 Å². The number of carbonyl (C=O) groups excluding carboxylic acids is 1. The molecule has 0 bridgehead atoms. The second-order valence-electron chi connectivity index (χ2n) is 5.32. The van der Waals surface area contributed by atoms with E-state index < -0.39 is 11.7 Å². The van der Waals surface area contributed by atoms with Crippen LogP contribution in [-0.4, -0.2) is 34.1 Å². The van der Waals surface area contributed by atoms with Crippen LogP contribution in [0.1, 0.15) is 39.2 Å². The monoisotopic (exact) mass is 279 g/mol. The van der Waals surface area contributed by atoms with Crippen LogP contribution in [0.25, 0.3) is 0 Å². The van der Waals surface area contributed by atoms with Gasteiger partial charge in [0.1, 0.15) is 5.60 Å². The molecule has 0 atom stereocenters. The number of alkyl carbamates (subject to hydrolysis) is 1. The zero-order chi connectivity index (χ0) is 15.0. The fourth-order valence-corrected chi connectivity index (χ4v) is 1.55. The maximum absolute atomic E-state index is 11.4. The summed E-state index contributed by atoms with van der Waals surface area (Å²) in [6.45, 7) is 5.89. The van der Waals surface area contributed by atoms with Crippen LogP contribution in [0.3, 0.4) is 0 Å². The zero-order valence-electron chi connectivity index (χ0n) is 12.1. The Morgan fingerprint density at radius 1 is 1.50 bits per heavy atom. The van der Waals surface area contributed by atoms with Gasteiger partial charge in [-0.05, 0) is 45.7 Å². The van der Waals surface area contributed by atoms with Gasteiger partial charge in [-0.1, -0.05) is 5.16 Å². The van der Waals surface area contributed by atoms with E-state index in [1.165, 1.54) is 0 Å². The lowest BCUT2D eigenvalue weighted by molar-refractivity contribution is 0.0527. The predicted molar refractivity (Wildman–Crippen MR) is 76.0 cm³/mol. The maximum Gasteiger partial charge on any atom is 0.407 e. The summed E-state index contributed by atoms with van der Waals surface area (Å²) < 4.78 is 5.12. The summed E-state index contributed by atoms with van der Waals surface area (Å²) >= 11 is 0. The number of pyridine rings is 1. The van der Waals surface area contributed by atoms with Crippen molar-refractivity contribution in [2.24, 2.45) is 5.16 Å². The van der Waals surface area contributed by atoms with Crippen molar-refractivity contribution in [3.05, 3.63) is 30.1 Å². The standard InChI is InChI=1S/C14H21N3O3/c1-14(2,3)20-13(18)16-9-5-7-12(17-19)11-6-4-8-15-10-11/h4,6,8,10,19H,5,7,9H2,1-3H3,(H,16,18)/b17-12-. The van der Waals surface area contributed by atoms with Crippen LogP contribution < -0.4 is 5.32 Å². The summed E-state index contributed by atoms with van der Waals surface area (Å²) in [6.07, 6.45) is 4.03. The third-order valence-corrected chi connectivity index (χ3v) is 2.37. The van der Waals surface area contributed by atoms with Crippen molar-refractivity contribution < 1.29 is 14.7 Å². The predicted octanol–water partition coefficient (Wildman–Crippen LogP) is 2.56. The molecule has 6 nitrogen and oxygen atoms in total. The number of carbonyl (C=O) groups is 1. The Balaban J connectivity index is 2.32. The Labute approximate surface area is 118 Å². The van der Waals surface area contributed by atoms with Crippen molar-refractivity contribution >= 4 is 11.8 Å². The molecule has 0 aromatic carbocycles. The molecular formula is C14H21N3O3. The fraction of sp³-hybridized carbons (Fsp3) is 0.500. The van der Waals surface area contributed by atoms with Crippen molar-refractivity contribution in [3.8, 4) is 0 Å². The second kappa shape index (κ2) is 7.47. The lowest BCUT2D eigenvalue weighted by Crippen LogP contribution is -2.33. The van der Waals surface area contributed by atoms with Gasteiger partial charge in [0.2, 0.25) is 0 Å². The molecule has 1 aromatic heterocycles. The number of oxime groups is 1. The molecule has 0 fully saturated rings. The van der Waals surface area contributed by atoms with Crippen LogP contribution in [0.5, 0.6) is 0 Å². The van der Waals surface area contributed by atoms with Crippen LogP contribution in [0, 0.1) is 0 Å². The largest absolute Gasteiger partial charge is 0.444 e. The molecule has 0 radical (unpaired) electrons. The number of amides is 1. The topological polar surface area (TPSA) is 83.8 Å². The molecule has 0 spiro atoms. The van der Waals surface area contributed by atoms with Gasteiger partial charge in [0.05, 0.1) is 5.71 Å². The highest BCUT2D eigenvalue weighted by Gasteiger charge is 2.15. The van der Waals surface area contributed by atoms with Gasteiger partial charge in [0, 0.05) is 24.5 Å². The summed E-state index contributed by atoms with van der Waals surface area (Å²) in [5, 5.41) is 14.9. The quantitative estimate of drug-likeness (QED) is 0.375. The van der Waals surface area contributed by atoms with E-state index in [0.29, 0.717) is 25.1 Å². The van der Waals surface area contributed by atoms with E-state index in [2.05, 4.69) is 15.5 Å². The molecule has 0 saturated carbocycles. The highest BCUT2D eigenvalue weighted by atomic mass is 16.6. The van der Waals surface area contributed by atoms with Crippen LogP contribution in [0.15, 0.2) is 29.7 Å². The number of hydrogen-bond acceptors (Lipinski definition) is 5. The van der Waals surface area contributed by atoms with Gasteiger partial charge in [-0.25, -0.2) is 4.79 Å². The lowest BCUT2D eigenvalue weighted by atomic mass is 10.1. The average molecular weight is 279 g/mol. The molecule has 0 aliphatic heterocycles. The molecule has 0 aliphatic rings. The molecule has 110 valence electrons. The molecule has 1 heterocycles. The summed E-state index contributed by atoms with van der Waals surface area (Å²) in [5.74, 6) is 0. The summed E-state index contributed by atoms with van der Waals surface area (Å²) in [6, 6.07) is 3.60. The normalized spacial score (nSPS) is 12.1. The van der Waals surface area contributed by atoms with Gasteiger partial charge < -0.3 is 15.3 Å². The minimum atomic E-state index is -0.502. The van der Waals surface area contributed by atoms with Crippen LogP contribution in [0.2, 0.25) is 0 Å². The van der Waals surface area contributed by atoms with Gasteiger partial charge >= 0.3 is 6.09 Å². The first kappa shape index (κ1) is 15.9. The summed E-state index contributed by atoms with van der Waals surface area (Å²) in [7, 11) is 0. The number of nitrogens with zero attached hydrogens (tertiary/aromatic N) is 2. The maximum atomic E-state index is 11.4. The van der Waals surface area contributed by atoms with E-state index in [0.717, 1.165) is 5.56 Å². The summed E-state index contributed by atoms with van der Waals surface area (Å²) in [5.41, 5.74) is 0.814. The number of rotatable bonds is 5. The van der Waals surface area contributed by atoms with E-state index >= 15 is 0 Å². The molecule has 0 aliphatic carbocycles. The minimum absolute atomic E-state index is 0.443. The van der Waals surface area contributed by atoms with E-state index in [1.54, 1.807) is 18.5 Å². The van der Waals surface area contributed by atoms with E-state index in [1.807, 2.05) is 26.8 Å². The van der Waals surface area contributed by atoms with E-state index in [4.69, 9.17) is 9.94 Å². The van der Waals surface area contributed by atoms with Crippen LogP contribution in [-0.2, 0) is 4.74 Å². The Hall–Kier alpha value is -2.11.